The van der Waals surface area contributed by atoms with E-state index in [1.54, 1.807) is 0 Å². The van der Waals surface area contributed by atoms with Gasteiger partial charge >= 0.3 is 0 Å². The topological polar surface area (TPSA) is 40.2 Å². The third-order valence-electron chi connectivity index (χ3n) is 4.20. The Kier molecular flexibility index (Phi) is 2.76. The van der Waals surface area contributed by atoms with Crippen molar-refractivity contribution in [1.29, 1.82) is 0 Å². The van der Waals surface area contributed by atoms with E-state index in [9.17, 15) is 0 Å². The van der Waals surface area contributed by atoms with Crippen molar-refractivity contribution in [1.82, 2.24) is 4.57 Å². The van der Waals surface area contributed by atoms with Crippen molar-refractivity contribution in [2.24, 2.45) is 5.73 Å². The molecule has 2 N–H and O–H groups in total. The molecule has 3 heteroatoms. The molecule has 0 bridgehead atoms. The van der Waals surface area contributed by atoms with Crippen LogP contribution >= 0.6 is 0 Å². The van der Waals surface area contributed by atoms with Crippen molar-refractivity contribution in [2.45, 2.75) is 18.5 Å². The predicted molar refractivity (Wildman–Crippen MR) is 81.9 cm³/mol. The first-order chi connectivity index (χ1) is 9.84. The summed E-state index contributed by atoms with van der Waals surface area (Å²) in [5.74, 6) is 0. The predicted octanol–water partition coefficient (Wildman–Crippen LogP) is 3.08. The molecular weight excluding hydrogens is 248 g/mol. The van der Waals surface area contributed by atoms with E-state index in [-0.39, 0.29) is 6.04 Å². The van der Waals surface area contributed by atoms with Gasteiger partial charge in [-0.3, -0.25) is 0 Å². The van der Waals surface area contributed by atoms with Crippen LogP contribution in [0.15, 0.2) is 48.5 Å². The van der Waals surface area contributed by atoms with Crippen molar-refractivity contribution in [3.63, 3.8) is 0 Å². The van der Waals surface area contributed by atoms with Crippen molar-refractivity contribution in [2.75, 3.05) is 13.2 Å². The number of nitrogens with two attached hydrogens (primary N) is 1. The second kappa shape index (κ2) is 4.62. The number of para-hydroxylation sites is 2. The fourth-order valence-electron chi connectivity index (χ4n) is 3.37. The van der Waals surface area contributed by atoms with E-state index in [1.165, 1.54) is 21.8 Å². The molecule has 1 fully saturated rings. The van der Waals surface area contributed by atoms with Gasteiger partial charge in [0.15, 0.2) is 0 Å². The lowest BCUT2D eigenvalue weighted by atomic mass is 10.1. The maximum absolute atomic E-state index is 6.08. The van der Waals surface area contributed by atoms with E-state index < -0.39 is 0 Å². The van der Waals surface area contributed by atoms with Gasteiger partial charge in [-0.1, -0.05) is 36.4 Å². The van der Waals surface area contributed by atoms with Gasteiger partial charge in [0.2, 0.25) is 0 Å². The number of nitrogens with zero attached hydrogens (tertiary/aromatic N) is 1. The second-order valence-corrected chi connectivity index (χ2v) is 5.59. The first-order valence-corrected chi connectivity index (χ1v) is 7.15. The summed E-state index contributed by atoms with van der Waals surface area (Å²) >= 11 is 0. The Hall–Kier alpha value is -1.84. The molecule has 3 aromatic rings. The van der Waals surface area contributed by atoms with Crippen molar-refractivity contribution in [3.05, 3.63) is 48.5 Å². The van der Waals surface area contributed by atoms with Gasteiger partial charge in [-0.25, -0.2) is 0 Å². The van der Waals surface area contributed by atoms with Crippen LogP contribution in [0.1, 0.15) is 12.5 Å². The molecule has 0 aliphatic carbocycles. The zero-order valence-corrected chi connectivity index (χ0v) is 11.3. The minimum absolute atomic E-state index is 0.133. The largest absolute Gasteiger partial charge is 0.378 e. The number of hydrogen-bond acceptors (Lipinski definition) is 2. The minimum atomic E-state index is 0.133. The molecule has 2 atom stereocenters. The van der Waals surface area contributed by atoms with Gasteiger partial charge in [0.05, 0.1) is 19.3 Å². The van der Waals surface area contributed by atoms with Gasteiger partial charge in [-0.05, 0) is 18.6 Å². The highest BCUT2D eigenvalue weighted by molar-refractivity contribution is 6.08. The molecule has 1 unspecified atom stereocenters. The Morgan fingerprint density at radius 1 is 0.900 bits per heavy atom. The Bertz CT molecular complexity index is 709. The number of rotatable bonds is 1. The molecule has 1 aliphatic heterocycles. The van der Waals surface area contributed by atoms with Gasteiger partial charge in [0, 0.05) is 27.8 Å². The van der Waals surface area contributed by atoms with Gasteiger partial charge in [-0.2, -0.15) is 0 Å². The Balaban J connectivity index is 2.00. The monoisotopic (exact) mass is 266 g/mol. The fourth-order valence-corrected chi connectivity index (χ4v) is 3.37. The van der Waals surface area contributed by atoms with Crippen LogP contribution in [0.2, 0.25) is 0 Å². The zero-order valence-electron chi connectivity index (χ0n) is 11.3. The molecule has 0 radical (unpaired) electrons. The molecule has 1 aromatic heterocycles. The van der Waals surface area contributed by atoms with Crippen LogP contribution in [0.4, 0.5) is 0 Å². The first kappa shape index (κ1) is 11.9. The highest BCUT2D eigenvalue weighted by Gasteiger charge is 2.24. The lowest BCUT2D eigenvalue weighted by Crippen LogP contribution is -2.36. The number of fused-ring (bicyclic) bond motifs is 3. The lowest BCUT2D eigenvalue weighted by Gasteiger charge is -2.29. The van der Waals surface area contributed by atoms with Crippen molar-refractivity contribution >= 4 is 21.8 Å². The first-order valence-electron chi connectivity index (χ1n) is 7.15. The molecule has 1 saturated heterocycles. The SMILES string of the molecule is N[C@H]1COCC(n2c3ccccc3c3ccccc32)C1. The Morgan fingerprint density at radius 2 is 1.50 bits per heavy atom. The van der Waals surface area contributed by atoms with Crippen LogP contribution in [-0.4, -0.2) is 23.8 Å². The third kappa shape index (κ3) is 1.74. The smallest absolute Gasteiger partial charge is 0.0675 e. The van der Waals surface area contributed by atoms with Gasteiger partial charge < -0.3 is 15.0 Å². The minimum Gasteiger partial charge on any atom is -0.378 e. The highest BCUT2D eigenvalue weighted by Crippen LogP contribution is 2.33. The number of hydrogen-bond donors (Lipinski definition) is 1. The van der Waals surface area contributed by atoms with E-state index in [0.29, 0.717) is 12.6 Å². The lowest BCUT2D eigenvalue weighted by molar-refractivity contribution is 0.0482. The summed E-state index contributed by atoms with van der Waals surface area (Å²) in [4.78, 5) is 0. The van der Waals surface area contributed by atoms with E-state index in [4.69, 9.17) is 10.5 Å². The molecule has 0 amide bonds. The molecule has 2 aromatic carbocycles. The average Bonchev–Trinajstić information content (AvgIpc) is 2.82. The summed E-state index contributed by atoms with van der Waals surface area (Å²) in [7, 11) is 0. The molecule has 0 saturated carbocycles. The summed E-state index contributed by atoms with van der Waals surface area (Å²) in [5, 5.41) is 2.62. The van der Waals surface area contributed by atoms with Crippen LogP contribution < -0.4 is 5.73 Å². The molecular formula is C17H18N2O. The van der Waals surface area contributed by atoms with E-state index in [2.05, 4.69) is 53.1 Å². The molecule has 0 spiro atoms. The van der Waals surface area contributed by atoms with E-state index in [0.717, 1.165) is 13.0 Å². The van der Waals surface area contributed by atoms with Crippen molar-refractivity contribution < 1.29 is 4.74 Å². The van der Waals surface area contributed by atoms with Crippen LogP contribution in [0, 0.1) is 0 Å². The second-order valence-electron chi connectivity index (χ2n) is 5.59. The highest BCUT2D eigenvalue weighted by atomic mass is 16.5. The average molecular weight is 266 g/mol. The maximum atomic E-state index is 6.08. The number of benzene rings is 2. The molecule has 20 heavy (non-hydrogen) atoms. The zero-order chi connectivity index (χ0) is 13.5. The molecule has 3 nitrogen and oxygen atoms in total. The number of ether oxygens (including phenoxy) is 1. The Morgan fingerprint density at radius 3 is 2.10 bits per heavy atom. The number of aromatic nitrogens is 1. The van der Waals surface area contributed by atoms with Gasteiger partial charge in [0.1, 0.15) is 0 Å². The van der Waals surface area contributed by atoms with E-state index >= 15 is 0 Å². The molecule has 102 valence electrons. The molecule has 2 heterocycles. The van der Waals surface area contributed by atoms with Crippen LogP contribution in [0.3, 0.4) is 0 Å². The van der Waals surface area contributed by atoms with Crippen LogP contribution in [-0.2, 0) is 4.74 Å². The van der Waals surface area contributed by atoms with Gasteiger partial charge in [0.25, 0.3) is 0 Å². The van der Waals surface area contributed by atoms with Crippen LogP contribution in [0.25, 0.3) is 21.8 Å². The van der Waals surface area contributed by atoms with E-state index in [1.807, 2.05) is 0 Å². The maximum Gasteiger partial charge on any atom is 0.0675 e. The summed E-state index contributed by atoms with van der Waals surface area (Å²) < 4.78 is 8.08. The quantitative estimate of drug-likeness (QED) is 0.735. The normalized spacial score (nSPS) is 23.4. The molecule has 4 rings (SSSR count). The summed E-state index contributed by atoms with van der Waals surface area (Å²) in [5.41, 5.74) is 8.63. The third-order valence-corrected chi connectivity index (χ3v) is 4.20. The summed E-state index contributed by atoms with van der Waals surface area (Å²) in [6, 6.07) is 17.6. The van der Waals surface area contributed by atoms with Crippen molar-refractivity contribution in [3.8, 4) is 0 Å². The van der Waals surface area contributed by atoms with Gasteiger partial charge in [-0.15, -0.1) is 0 Å². The summed E-state index contributed by atoms with van der Waals surface area (Å²) in [6.45, 7) is 1.42. The Labute approximate surface area is 117 Å². The summed E-state index contributed by atoms with van der Waals surface area (Å²) in [6.07, 6.45) is 0.975. The molecule has 1 aliphatic rings. The fraction of sp³-hybridized carbons (Fsp3) is 0.294. The van der Waals surface area contributed by atoms with Crippen LogP contribution in [0.5, 0.6) is 0 Å². The standard InChI is InChI=1S/C17H18N2O/c18-12-9-13(11-20-10-12)19-16-7-3-1-5-14(16)15-6-2-4-8-17(15)19/h1-8,12-13H,9-11,18H2/t12-,13?/m1/s1.